The quantitative estimate of drug-likeness (QED) is 0.578. The van der Waals surface area contributed by atoms with Gasteiger partial charge in [-0.1, -0.05) is 6.07 Å². The van der Waals surface area contributed by atoms with Crippen LogP contribution in [0.1, 0.15) is 18.7 Å². The van der Waals surface area contributed by atoms with Gasteiger partial charge in [-0.05, 0) is 36.6 Å². The van der Waals surface area contributed by atoms with E-state index in [-0.39, 0.29) is 6.04 Å². The summed E-state index contributed by atoms with van der Waals surface area (Å²) in [6.07, 6.45) is 8.59. The topological polar surface area (TPSA) is 108 Å². The maximum atomic E-state index is 6.35. The van der Waals surface area contributed by atoms with Gasteiger partial charge in [0.25, 0.3) is 0 Å². The molecule has 4 aromatic rings. The molecule has 7 heteroatoms. The highest BCUT2D eigenvalue weighted by molar-refractivity contribution is 5.86. The maximum absolute atomic E-state index is 6.35. The van der Waals surface area contributed by atoms with Crippen molar-refractivity contribution in [3.63, 3.8) is 0 Å². The molecule has 25 heavy (non-hydrogen) atoms. The Morgan fingerprint density at radius 2 is 1.84 bits per heavy atom. The summed E-state index contributed by atoms with van der Waals surface area (Å²) in [4.78, 5) is 13.2. The number of nitrogens with two attached hydrogens (primary N) is 2. The molecule has 0 atom stereocenters. The minimum atomic E-state index is -0.503. The van der Waals surface area contributed by atoms with Crippen molar-refractivity contribution in [3.8, 4) is 11.1 Å². The Bertz CT molecular complexity index is 1090. The second kappa shape index (κ2) is 5.05. The third-order valence-corrected chi connectivity index (χ3v) is 4.90. The molecule has 1 fully saturated rings. The van der Waals surface area contributed by atoms with E-state index in [2.05, 4.69) is 20.1 Å². The molecule has 1 aliphatic carbocycles. The molecule has 0 spiro atoms. The minimum absolute atomic E-state index is 0.142. The van der Waals surface area contributed by atoms with Gasteiger partial charge in [0.1, 0.15) is 0 Å². The summed E-state index contributed by atoms with van der Waals surface area (Å²) in [5.74, 6) is 0.647. The summed E-state index contributed by atoms with van der Waals surface area (Å²) in [6, 6.07) is 8.21. The van der Waals surface area contributed by atoms with E-state index in [4.69, 9.17) is 11.5 Å². The zero-order valence-electron chi connectivity index (χ0n) is 13.5. The van der Waals surface area contributed by atoms with Crippen LogP contribution in [0, 0.1) is 0 Å². The number of fused-ring (bicyclic) bond motifs is 2. The van der Waals surface area contributed by atoms with Crippen LogP contribution in [0.15, 0.2) is 49.1 Å². The molecule has 7 nitrogen and oxygen atoms in total. The predicted octanol–water partition coefficient (Wildman–Crippen LogP) is 1.61. The predicted molar refractivity (Wildman–Crippen MR) is 94.6 cm³/mol. The van der Waals surface area contributed by atoms with E-state index in [0.29, 0.717) is 5.82 Å². The lowest BCUT2D eigenvalue weighted by atomic mass is 9.73. The van der Waals surface area contributed by atoms with Gasteiger partial charge in [0, 0.05) is 30.2 Å². The van der Waals surface area contributed by atoms with Gasteiger partial charge in [0.2, 0.25) is 0 Å². The van der Waals surface area contributed by atoms with Crippen LogP contribution in [0.3, 0.4) is 0 Å². The summed E-state index contributed by atoms with van der Waals surface area (Å²) in [7, 11) is 0. The number of rotatable bonds is 2. The SMILES string of the molecule is NC1CC(N)(c2ncc3c(-c4ccc5nccnc5c4)ccn3n2)C1. The lowest BCUT2D eigenvalue weighted by molar-refractivity contribution is 0.196. The normalized spacial score (nSPS) is 23.0. The van der Waals surface area contributed by atoms with Crippen LogP contribution >= 0.6 is 0 Å². The monoisotopic (exact) mass is 331 g/mol. The first-order chi connectivity index (χ1) is 12.1. The zero-order valence-corrected chi connectivity index (χ0v) is 13.5. The minimum Gasteiger partial charge on any atom is -0.328 e. The first-order valence-electron chi connectivity index (χ1n) is 8.23. The van der Waals surface area contributed by atoms with E-state index < -0.39 is 5.54 Å². The molecule has 0 unspecified atom stereocenters. The highest BCUT2D eigenvalue weighted by atomic mass is 15.3. The summed E-state index contributed by atoms with van der Waals surface area (Å²) < 4.78 is 1.83. The number of aromatic nitrogens is 5. The van der Waals surface area contributed by atoms with Gasteiger partial charge in [0.15, 0.2) is 5.82 Å². The van der Waals surface area contributed by atoms with E-state index in [9.17, 15) is 0 Å². The smallest absolute Gasteiger partial charge is 0.169 e. The largest absolute Gasteiger partial charge is 0.328 e. The van der Waals surface area contributed by atoms with Crippen molar-refractivity contribution in [2.45, 2.75) is 24.4 Å². The van der Waals surface area contributed by atoms with Gasteiger partial charge in [-0.2, -0.15) is 5.10 Å². The molecule has 1 aliphatic rings. The molecule has 1 saturated carbocycles. The molecule has 0 aliphatic heterocycles. The molecular weight excluding hydrogens is 314 g/mol. The van der Waals surface area contributed by atoms with Gasteiger partial charge < -0.3 is 11.5 Å². The number of hydrogen-bond donors (Lipinski definition) is 2. The zero-order chi connectivity index (χ0) is 17.0. The Hall–Kier alpha value is -2.90. The van der Waals surface area contributed by atoms with E-state index in [1.54, 1.807) is 12.4 Å². The molecule has 3 heterocycles. The van der Waals surface area contributed by atoms with Crippen LogP contribution in [0.2, 0.25) is 0 Å². The van der Waals surface area contributed by atoms with Crippen LogP contribution in [-0.4, -0.2) is 30.6 Å². The lowest BCUT2D eigenvalue weighted by Gasteiger charge is -2.41. The second-order valence-electron chi connectivity index (χ2n) is 6.73. The van der Waals surface area contributed by atoms with Gasteiger partial charge >= 0.3 is 0 Å². The van der Waals surface area contributed by atoms with Crippen LogP contribution in [-0.2, 0) is 5.54 Å². The fourth-order valence-electron chi connectivity index (χ4n) is 3.56. The first kappa shape index (κ1) is 14.4. The Morgan fingerprint density at radius 1 is 1.04 bits per heavy atom. The van der Waals surface area contributed by atoms with Crippen molar-refractivity contribution in [2.24, 2.45) is 11.5 Å². The number of benzene rings is 1. The Labute approximate surface area is 143 Å². The van der Waals surface area contributed by atoms with Crippen LogP contribution in [0.4, 0.5) is 0 Å². The third-order valence-electron chi connectivity index (χ3n) is 4.90. The van der Waals surface area contributed by atoms with Crippen molar-refractivity contribution in [1.82, 2.24) is 24.6 Å². The Kier molecular flexibility index (Phi) is 2.92. The van der Waals surface area contributed by atoms with Crippen molar-refractivity contribution < 1.29 is 0 Å². The average Bonchev–Trinajstić information content (AvgIpc) is 3.03. The van der Waals surface area contributed by atoms with E-state index in [1.165, 1.54) is 0 Å². The van der Waals surface area contributed by atoms with Gasteiger partial charge in [-0.3, -0.25) is 9.97 Å². The third kappa shape index (κ3) is 2.20. The summed E-state index contributed by atoms with van der Waals surface area (Å²) >= 11 is 0. The molecule has 124 valence electrons. The van der Waals surface area contributed by atoms with E-state index in [1.807, 2.05) is 41.2 Å². The molecule has 0 bridgehead atoms. The molecule has 0 saturated heterocycles. The Balaban J connectivity index is 1.60. The molecule has 4 N–H and O–H groups in total. The summed E-state index contributed by atoms with van der Waals surface area (Å²) in [5.41, 5.74) is 16.5. The highest BCUT2D eigenvalue weighted by Gasteiger charge is 2.43. The van der Waals surface area contributed by atoms with Gasteiger partial charge in [-0.25, -0.2) is 9.50 Å². The van der Waals surface area contributed by atoms with Crippen LogP contribution < -0.4 is 11.5 Å². The summed E-state index contributed by atoms with van der Waals surface area (Å²) in [5, 5.41) is 4.61. The van der Waals surface area contributed by atoms with Gasteiger partial charge in [0.05, 0.1) is 28.3 Å². The highest BCUT2D eigenvalue weighted by Crippen LogP contribution is 2.36. The van der Waals surface area contributed by atoms with Crippen LogP contribution in [0.25, 0.3) is 27.7 Å². The number of hydrogen-bond acceptors (Lipinski definition) is 6. The molecule has 5 rings (SSSR count). The fourth-order valence-corrected chi connectivity index (χ4v) is 3.56. The fraction of sp³-hybridized carbons (Fsp3) is 0.222. The standard InChI is InChI=1S/C18H17N7/c19-12-8-18(20,9-12)17-23-10-16-13(3-6-25(16)24-17)11-1-2-14-15(7-11)22-5-4-21-14/h1-7,10,12H,8-9,19-20H2. The Morgan fingerprint density at radius 3 is 2.64 bits per heavy atom. The van der Waals surface area contributed by atoms with Gasteiger partial charge in [-0.15, -0.1) is 0 Å². The molecule has 3 aromatic heterocycles. The molecule has 0 radical (unpaired) electrons. The van der Waals surface area contributed by atoms with Crippen molar-refractivity contribution in [3.05, 3.63) is 54.9 Å². The van der Waals surface area contributed by atoms with Crippen molar-refractivity contribution in [1.29, 1.82) is 0 Å². The lowest BCUT2D eigenvalue weighted by Crippen LogP contribution is -2.56. The number of nitrogens with zero attached hydrogens (tertiary/aromatic N) is 5. The average molecular weight is 331 g/mol. The maximum Gasteiger partial charge on any atom is 0.169 e. The second-order valence-corrected chi connectivity index (χ2v) is 6.73. The van der Waals surface area contributed by atoms with Crippen LogP contribution in [0.5, 0.6) is 0 Å². The molecular formula is C18H17N7. The van der Waals surface area contributed by atoms with Crippen molar-refractivity contribution in [2.75, 3.05) is 0 Å². The van der Waals surface area contributed by atoms with E-state index in [0.717, 1.165) is 40.5 Å². The molecule has 0 amide bonds. The molecule has 1 aromatic carbocycles. The van der Waals surface area contributed by atoms with Crippen molar-refractivity contribution >= 4 is 16.6 Å². The van der Waals surface area contributed by atoms with E-state index >= 15 is 0 Å². The first-order valence-corrected chi connectivity index (χ1v) is 8.23. The summed E-state index contributed by atoms with van der Waals surface area (Å²) in [6.45, 7) is 0.